The molecule has 1 aliphatic carbocycles. The number of pyridine rings is 1. The number of amides is 1. The SMILES string of the molecule is O=C(O)C(F)(F)F.O=C(c1ccncc1)N1CC2(CC(OCC3CC3)CS2)C1. The number of halogens is 3. The molecule has 1 unspecified atom stereocenters. The fourth-order valence-corrected chi connectivity index (χ4v) is 4.71. The van der Waals surface area contributed by atoms with E-state index in [9.17, 15) is 18.0 Å². The third-order valence-electron chi connectivity index (χ3n) is 4.85. The molecule has 1 saturated carbocycles. The molecule has 1 amide bonds. The van der Waals surface area contributed by atoms with Crippen molar-refractivity contribution in [3.63, 3.8) is 0 Å². The van der Waals surface area contributed by atoms with Crippen molar-refractivity contribution in [2.75, 3.05) is 25.4 Å². The summed E-state index contributed by atoms with van der Waals surface area (Å²) in [5.41, 5.74) is 0.740. The van der Waals surface area contributed by atoms with Gasteiger partial charge < -0.3 is 14.7 Å². The highest BCUT2D eigenvalue weighted by Gasteiger charge is 2.51. The molecular weight excluding hydrogens is 397 g/mol. The number of thioether (sulfide) groups is 1. The van der Waals surface area contributed by atoms with Crippen LogP contribution in [0.2, 0.25) is 0 Å². The van der Waals surface area contributed by atoms with Crippen LogP contribution in [0.15, 0.2) is 24.5 Å². The second kappa shape index (κ2) is 8.28. The maximum absolute atomic E-state index is 12.3. The summed E-state index contributed by atoms with van der Waals surface area (Å²) >= 11 is 2.00. The molecule has 6 nitrogen and oxygen atoms in total. The van der Waals surface area contributed by atoms with Crippen molar-refractivity contribution in [1.82, 2.24) is 9.88 Å². The molecule has 3 heterocycles. The highest BCUT2D eigenvalue weighted by molar-refractivity contribution is 8.01. The third kappa shape index (κ3) is 5.38. The number of hydrogen-bond acceptors (Lipinski definition) is 5. The topological polar surface area (TPSA) is 79.7 Å². The lowest BCUT2D eigenvalue weighted by Crippen LogP contribution is -2.60. The standard InChI is InChI=1S/C16H20N2O2S.C2HF3O2/c19-15(13-3-5-17-6-4-13)18-10-16(11-18)7-14(9-21-16)20-8-12-1-2-12;3-2(4,5)1(6)7/h3-6,12,14H,1-2,7-11H2;(H,6,7). The van der Waals surface area contributed by atoms with Gasteiger partial charge in [-0.3, -0.25) is 9.78 Å². The van der Waals surface area contributed by atoms with Crippen molar-refractivity contribution in [3.8, 4) is 0 Å². The Morgan fingerprint density at radius 3 is 2.43 bits per heavy atom. The number of likely N-dealkylation sites (tertiary alicyclic amines) is 1. The van der Waals surface area contributed by atoms with Crippen LogP contribution >= 0.6 is 11.8 Å². The number of alkyl halides is 3. The minimum atomic E-state index is -5.08. The van der Waals surface area contributed by atoms with Crippen molar-refractivity contribution in [1.29, 1.82) is 0 Å². The van der Waals surface area contributed by atoms with Crippen LogP contribution in [0.3, 0.4) is 0 Å². The summed E-state index contributed by atoms with van der Waals surface area (Å²) in [6.45, 7) is 2.67. The van der Waals surface area contributed by atoms with E-state index in [-0.39, 0.29) is 10.7 Å². The molecule has 0 aromatic carbocycles. The Hall–Kier alpha value is -1.81. The predicted molar refractivity (Wildman–Crippen MR) is 96.1 cm³/mol. The number of ether oxygens (including phenoxy) is 1. The van der Waals surface area contributed by atoms with E-state index < -0.39 is 12.1 Å². The Labute approximate surface area is 164 Å². The van der Waals surface area contributed by atoms with Gasteiger partial charge in [0.05, 0.1) is 10.9 Å². The van der Waals surface area contributed by atoms with Crippen LogP contribution < -0.4 is 0 Å². The van der Waals surface area contributed by atoms with E-state index in [1.807, 2.05) is 16.7 Å². The summed E-state index contributed by atoms with van der Waals surface area (Å²) in [4.78, 5) is 27.1. The van der Waals surface area contributed by atoms with E-state index in [0.29, 0.717) is 6.10 Å². The number of carbonyl (C=O) groups is 2. The molecule has 1 atom stereocenters. The number of rotatable bonds is 4. The van der Waals surface area contributed by atoms with Crippen molar-refractivity contribution in [2.24, 2.45) is 5.92 Å². The van der Waals surface area contributed by atoms with Crippen LogP contribution in [-0.4, -0.2) is 69.3 Å². The smallest absolute Gasteiger partial charge is 0.475 e. The van der Waals surface area contributed by atoms with Gasteiger partial charge >= 0.3 is 12.1 Å². The quantitative estimate of drug-likeness (QED) is 0.810. The molecule has 2 aliphatic heterocycles. The molecule has 1 N–H and O–H groups in total. The van der Waals surface area contributed by atoms with E-state index in [2.05, 4.69) is 4.98 Å². The Morgan fingerprint density at radius 1 is 1.29 bits per heavy atom. The molecule has 2 saturated heterocycles. The zero-order valence-corrected chi connectivity index (χ0v) is 15.8. The fourth-order valence-electron chi connectivity index (χ4n) is 3.16. The first-order valence-electron chi connectivity index (χ1n) is 8.93. The van der Waals surface area contributed by atoms with Gasteiger partial charge in [0, 0.05) is 43.4 Å². The number of aliphatic carboxylic acids is 1. The molecule has 28 heavy (non-hydrogen) atoms. The summed E-state index contributed by atoms with van der Waals surface area (Å²) in [5, 5.41) is 7.12. The van der Waals surface area contributed by atoms with Gasteiger partial charge in [0.25, 0.3) is 5.91 Å². The van der Waals surface area contributed by atoms with E-state index >= 15 is 0 Å². The third-order valence-corrected chi connectivity index (χ3v) is 6.43. The summed E-state index contributed by atoms with van der Waals surface area (Å²) in [7, 11) is 0. The first-order valence-corrected chi connectivity index (χ1v) is 9.92. The number of nitrogens with zero attached hydrogens (tertiary/aromatic N) is 2. The highest BCUT2D eigenvalue weighted by Crippen LogP contribution is 2.46. The Bertz CT molecular complexity index is 707. The summed E-state index contributed by atoms with van der Waals surface area (Å²) in [6, 6.07) is 3.58. The van der Waals surface area contributed by atoms with Crippen LogP contribution in [-0.2, 0) is 9.53 Å². The molecule has 0 radical (unpaired) electrons. The summed E-state index contributed by atoms with van der Waals surface area (Å²) in [6.07, 6.45) is 2.46. The van der Waals surface area contributed by atoms with Gasteiger partial charge in [0.15, 0.2) is 0 Å². The zero-order valence-electron chi connectivity index (χ0n) is 15.0. The van der Waals surface area contributed by atoms with Crippen molar-refractivity contribution in [2.45, 2.75) is 36.3 Å². The van der Waals surface area contributed by atoms with Crippen LogP contribution in [0.5, 0.6) is 0 Å². The molecule has 3 fully saturated rings. The van der Waals surface area contributed by atoms with Gasteiger partial charge in [-0.2, -0.15) is 13.2 Å². The van der Waals surface area contributed by atoms with Crippen LogP contribution in [0.4, 0.5) is 13.2 Å². The van der Waals surface area contributed by atoms with Crippen LogP contribution in [0.25, 0.3) is 0 Å². The van der Waals surface area contributed by atoms with E-state index in [0.717, 1.165) is 43.4 Å². The fraction of sp³-hybridized carbons (Fsp3) is 0.611. The average molecular weight is 418 g/mol. The Morgan fingerprint density at radius 2 is 1.89 bits per heavy atom. The summed E-state index contributed by atoms with van der Waals surface area (Å²) < 4.78 is 38.0. The van der Waals surface area contributed by atoms with Gasteiger partial charge in [0.1, 0.15) is 0 Å². The van der Waals surface area contributed by atoms with Gasteiger partial charge in [-0.25, -0.2) is 4.79 Å². The van der Waals surface area contributed by atoms with Crippen LogP contribution in [0, 0.1) is 5.92 Å². The molecule has 1 spiro atoms. The van der Waals surface area contributed by atoms with Gasteiger partial charge in [-0.1, -0.05) is 0 Å². The second-order valence-corrected chi connectivity index (χ2v) is 8.78. The van der Waals surface area contributed by atoms with Gasteiger partial charge in [-0.05, 0) is 37.3 Å². The molecule has 1 aromatic heterocycles. The minimum absolute atomic E-state index is 0.131. The number of carboxylic acids is 1. The molecular formula is C18H21F3N2O4S. The Balaban J connectivity index is 0.000000279. The lowest BCUT2D eigenvalue weighted by atomic mass is 9.92. The number of aromatic nitrogens is 1. The summed E-state index contributed by atoms with van der Waals surface area (Å²) in [5.74, 6) is -0.708. The maximum Gasteiger partial charge on any atom is 0.490 e. The maximum atomic E-state index is 12.3. The second-order valence-electron chi connectivity index (χ2n) is 7.30. The van der Waals surface area contributed by atoms with E-state index in [1.165, 1.54) is 12.8 Å². The average Bonchev–Trinajstić information content (AvgIpc) is 3.36. The minimum Gasteiger partial charge on any atom is -0.475 e. The lowest BCUT2D eigenvalue weighted by molar-refractivity contribution is -0.192. The zero-order chi connectivity index (χ0) is 20.4. The molecule has 154 valence electrons. The number of carbonyl (C=O) groups excluding carboxylic acids is 1. The highest BCUT2D eigenvalue weighted by atomic mass is 32.2. The number of hydrogen-bond donors (Lipinski definition) is 1. The van der Waals surface area contributed by atoms with Gasteiger partial charge in [-0.15, -0.1) is 11.8 Å². The van der Waals surface area contributed by atoms with E-state index in [1.54, 1.807) is 24.5 Å². The predicted octanol–water partition coefficient (Wildman–Crippen LogP) is 2.84. The monoisotopic (exact) mass is 418 g/mol. The van der Waals surface area contributed by atoms with Crippen LogP contribution in [0.1, 0.15) is 29.6 Å². The molecule has 1 aromatic rings. The largest absolute Gasteiger partial charge is 0.490 e. The van der Waals surface area contributed by atoms with Crippen molar-refractivity contribution >= 4 is 23.6 Å². The lowest BCUT2D eigenvalue weighted by Gasteiger charge is -2.47. The molecule has 4 rings (SSSR count). The van der Waals surface area contributed by atoms with Crippen molar-refractivity contribution in [3.05, 3.63) is 30.1 Å². The van der Waals surface area contributed by atoms with Crippen molar-refractivity contribution < 1.29 is 32.6 Å². The molecule has 0 bridgehead atoms. The Kier molecular flexibility index (Phi) is 6.18. The molecule has 3 aliphatic rings. The first kappa shape index (κ1) is 20.9. The first-order chi connectivity index (χ1) is 13.2. The normalized spacial score (nSPS) is 23.0. The van der Waals surface area contributed by atoms with Gasteiger partial charge in [0.2, 0.25) is 0 Å². The number of carboxylic acid groups (broad SMARTS) is 1. The van der Waals surface area contributed by atoms with E-state index in [4.69, 9.17) is 14.6 Å². The molecule has 10 heteroatoms.